The Morgan fingerprint density at radius 1 is 0.340 bits per heavy atom. The molecule has 0 bridgehead atoms. The summed E-state index contributed by atoms with van der Waals surface area (Å²) in [6.07, 6.45) is 0. The van der Waals surface area contributed by atoms with Crippen molar-refractivity contribution in [2.75, 3.05) is 0 Å². The van der Waals surface area contributed by atoms with E-state index in [0.717, 1.165) is 67.6 Å². The summed E-state index contributed by atoms with van der Waals surface area (Å²) in [5.41, 5.74) is 16.3. The molecule has 8 aromatic carbocycles. The quantitative estimate of drug-likeness (QED) is 0.162. The van der Waals surface area contributed by atoms with E-state index in [9.17, 15) is 0 Å². The van der Waals surface area contributed by atoms with E-state index >= 15 is 0 Å². The number of fused-ring (bicyclic) bond motifs is 13. The fraction of sp³-hybridized carbons (Fsp3) is 0.0204. The molecule has 53 heavy (non-hydrogen) atoms. The van der Waals surface area contributed by atoms with Crippen LogP contribution in [0.15, 0.2) is 170 Å². The fourth-order valence-electron chi connectivity index (χ4n) is 9.37. The third-order valence-electron chi connectivity index (χ3n) is 11.5. The van der Waals surface area contributed by atoms with E-state index in [0.29, 0.717) is 0 Å². The highest BCUT2D eigenvalue weighted by Gasteiger charge is 2.41. The SMILES string of the molecule is c1ccc2c(c1)Oc1cc(-c3cccc4c3C3c5ccccc5Oc5cccc(c53)-c3ccccc3-c3ccccc3-4)cc3c1B2c1ccccc1O3. The van der Waals surface area contributed by atoms with Crippen molar-refractivity contribution in [3.05, 3.63) is 187 Å². The molecule has 1 unspecified atom stereocenters. The van der Waals surface area contributed by atoms with Crippen molar-refractivity contribution in [1.29, 1.82) is 0 Å². The number of hydrogen-bond acceptors (Lipinski definition) is 3. The van der Waals surface area contributed by atoms with Crippen molar-refractivity contribution in [1.82, 2.24) is 0 Å². The van der Waals surface area contributed by atoms with Crippen molar-refractivity contribution in [2.45, 2.75) is 5.92 Å². The molecular formula is C49H29BO3. The fourth-order valence-corrected chi connectivity index (χ4v) is 9.37. The zero-order valence-corrected chi connectivity index (χ0v) is 28.5. The van der Waals surface area contributed by atoms with Gasteiger partial charge in [0, 0.05) is 22.5 Å². The molecule has 0 N–H and O–H groups in total. The lowest BCUT2D eigenvalue weighted by molar-refractivity contribution is 0.453. The van der Waals surface area contributed by atoms with Crippen molar-refractivity contribution < 1.29 is 14.2 Å². The highest BCUT2D eigenvalue weighted by Crippen LogP contribution is 2.57. The van der Waals surface area contributed by atoms with Gasteiger partial charge in [0.05, 0.1) is 0 Å². The van der Waals surface area contributed by atoms with E-state index in [1.807, 2.05) is 0 Å². The average Bonchev–Trinajstić information content (AvgIpc) is 3.26. The summed E-state index contributed by atoms with van der Waals surface area (Å²) in [5.74, 6) is 5.07. The van der Waals surface area contributed by atoms with Crippen LogP contribution in [0, 0.1) is 0 Å². The molecule has 12 rings (SSSR count). The molecule has 3 nitrogen and oxygen atoms in total. The number of benzene rings is 8. The molecule has 3 aliphatic heterocycles. The van der Waals surface area contributed by atoms with Crippen LogP contribution < -0.4 is 30.6 Å². The first-order valence-electron chi connectivity index (χ1n) is 18.2. The normalized spacial score (nSPS) is 14.6. The Labute approximate surface area is 307 Å². The lowest BCUT2D eigenvalue weighted by Crippen LogP contribution is -2.57. The van der Waals surface area contributed by atoms with E-state index in [1.165, 1.54) is 44.5 Å². The molecule has 0 fully saturated rings. The minimum atomic E-state index is -0.125. The van der Waals surface area contributed by atoms with Crippen LogP contribution in [-0.4, -0.2) is 6.71 Å². The Kier molecular flexibility index (Phi) is 5.92. The minimum absolute atomic E-state index is 0.0195. The summed E-state index contributed by atoms with van der Waals surface area (Å²) in [4.78, 5) is 0. The predicted octanol–water partition coefficient (Wildman–Crippen LogP) is 10.7. The molecule has 1 atom stereocenters. The smallest absolute Gasteiger partial charge is 0.260 e. The second-order valence-corrected chi connectivity index (χ2v) is 14.2. The maximum atomic E-state index is 6.80. The van der Waals surface area contributed by atoms with Crippen molar-refractivity contribution in [2.24, 2.45) is 0 Å². The lowest BCUT2D eigenvalue weighted by atomic mass is 9.35. The van der Waals surface area contributed by atoms with Crippen molar-refractivity contribution >= 4 is 23.1 Å². The first-order valence-corrected chi connectivity index (χ1v) is 18.2. The molecule has 0 saturated heterocycles. The maximum Gasteiger partial charge on any atom is 0.260 e. The molecule has 1 aliphatic carbocycles. The van der Waals surface area contributed by atoms with E-state index in [4.69, 9.17) is 14.2 Å². The van der Waals surface area contributed by atoms with Crippen molar-refractivity contribution in [3.8, 4) is 79.0 Å². The third kappa shape index (κ3) is 4.06. The summed E-state index contributed by atoms with van der Waals surface area (Å²) < 4.78 is 20.4. The standard InChI is InChI=1S/C49H29BO3/c1-3-15-33-31(13-1)32-14-2-4-16-34(32)36-20-12-26-43-47(36)48(37-17-5-8-23-40(37)51-43)46-30(18-11-19-35(33)46)29-27-44-49-45(28-29)53-42-25-10-7-22-39(42)50(49)38-21-6-9-24-41(38)52-44/h1-28,48H. The topological polar surface area (TPSA) is 27.7 Å². The van der Waals surface area contributed by atoms with Crippen LogP contribution in [-0.2, 0) is 0 Å². The molecule has 0 spiro atoms. The van der Waals surface area contributed by atoms with Gasteiger partial charge in [-0.15, -0.1) is 0 Å². The lowest BCUT2D eigenvalue weighted by Gasteiger charge is -2.34. The number of para-hydroxylation sites is 3. The Hall–Kier alpha value is -6.78. The van der Waals surface area contributed by atoms with E-state index in [1.54, 1.807) is 0 Å². The van der Waals surface area contributed by atoms with Gasteiger partial charge in [-0.25, -0.2) is 0 Å². The van der Waals surface area contributed by atoms with E-state index in [2.05, 4.69) is 170 Å². The summed E-state index contributed by atoms with van der Waals surface area (Å²) >= 11 is 0. The molecule has 0 radical (unpaired) electrons. The molecular weight excluding hydrogens is 647 g/mol. The predicted molar refractivity (Wildman–Crippen MR) is 213 cm³/mol. The van der Waals surface area contributed by atoms with E-state index < -0.39 is 0 Å². The van der Waals surface area contributed by atoms with Gasteiger partial charge in [0.2, 0.25) is 0 Å². The van der Waals surface area contributed by atoms with Crippen LogP contribution in [0.4, 0.5) is 0 Å². The molecule has 3 heterocycles. The maximum absolute atomic E-state index is 6.80. The molecule has 0 saturated carbocycles. The molecule has 4 heteroatoms. The average molecular weight is 677 g/mol. The van der Waals surface area contributed by atoms with Gasteiger partial charge in [0.25, 0.3) is 6.71 Å². The van der Waals surface area contributed by atoms with Gasteiger partial charge >= 0.3 is 0 Å². The van der Waals surface area contributed by atoms with Gasteiger partial charge in [-0.2, -0.15) is 0 Å². The first kappa shape index (κ1) is 28.9. The number of hydrogen-bond donors (Lipinski definition) is 0. The number of rotatable bonds is 1. The second-order valence-electron chi connectivity index (χ2n) is 14.2. The Morgan fingerprint density at radius 2 is 0.774 bits per heavy atom. The molecule has 0 amide bonds. The third-order valence-corrected chi connectivity index (χ3v) is 11.5. The van der Waals surface area contributed by atoms with Crippen molar-refractivity contribution in [3.63, 3.8) is 0 Å². The van der Waals surface area contributed by atoms with Gasteiger partial charge in [-0.3, -0.25) is 0 Å². The van der Waals surface area contributed by atoms with Crippen LogP contribution in [0.5, 0.6) is 34.5 Å². The number of ether oxygens (including phenoxy) is 3. The first-order chi connectivity index (χ1) is 26.3. The summed E-state index contributed by atoms with van der Waals surface area (Å²) in [7, 11) is 0. The van der Waals surface area contributed by atoms with Gasteiger partial charge in [-0.05, 0) is 97.4 Å². The monoisotopic (exact) mass is 676 g/mol. The molecule has 4 aliphatic rings. The summed E-state index contributed by atoms with van der Waals surface area (Å²) in [6, 6.07) is 60.7. The van der Waals surface area contributed by atoms with Gasteiger partial charge < -0.3 is 14.2 Å². The van der Waals surface area contributed by atoms with Crippen LogP contribution in [0.1, 0.15) is 22.6 Å². The Bertz CT molecular complexity index is 2780. The minimum Gasteiger partial charge on any atom is -0.458 e. The van der Waals surface area contributed by atoms with Crippen LogP contribution >= 0.6 is 0 Å². The molecule has 246 valence electrons. The highest BCUT2D eigenvalue weighted by molar-refractivity contribution is 6.98. The Morgan fingerprint density at radius 3 is 1.42 bits per heavy atom. The highest BCUT2D eigenvalue weighted by atomic mass is 16.5. The molecule has 0 aromatic heterocycles. The van der Waals surface area contributed by atoms with E-state index in [-0.39, 0.29) is 12.6 Å². The summed E-state index contributed by atoms with van der Waals surface area (Å²) in [5, 5.41) is 0. The van der Waals surface area contributed by atoms with Gasteiger partial charge in [0.15, 0.2) is 0 Å². The van der Waals surface area contributed by atoms with Crippen LogP contribution in [0.3, 0.4) is 0 Å². The van der Waals surface area contributed by atoms with Gasteiger partial charge in [-0.1, -0.05) is 133 Å². The zero-order valence-electron chi connectivity index (χ0n) is 28.5. The van der Waals surface area contributed by atoms with Crippen LogP contribution in [0.25, 0.3) is 44.5 Å². The second kappa shape index (κ2) is 10.9. The van der Waals surface area contributed by atoms with Crippen LogP contribution in [0.2, 0.25) is 0 Å². The zero-order chi connectivity index (χ0) is 34.6. The largest absolute Gasteiger partial charge is 0.458 e. The molecule has 8 aromatic rings. The Balaban J connectivity index is 1.19. The summed E-state index contributed by atoms with van der Waals surface area (Å²) in [6.45, 7) is 0.0195. The van der Waals surface area contributed by atoms with Gasteiger partial charge in [0.1, 0.15) is 34.5 Å².